The van der Waals surface area contributed by atoms with Crippen LogP contribution in [0.5, 0.6) is 0 Å². The number of hydrogen-bond donors (Lipinski definition) is 0. The van der Waals surface area contributed by atoms with Crippen molar-refractivity contribution in [3.05, 3.63) is 106 Å². The smallest absolute Gasteiger partial charge is 0.0801 e. The van der Waals surface area contributed by atoms with Crippen molar-refractivity contribution in [3.8, 4) is 0 Å². The van der Waals surface area contributed by atoms with Gasteiger partial charge in [-0.25, -0.2) is 0 Å². The van der Waals surface area contributed by atoms with E-state index in [4.69, 9.17) is 0 Å². The van der Waals surface area contributed by atoms with Crippen LogP contribution in [-0.4, -0.2) is 6.71 Å². The zero-order chi connectivity index (χ0) is 21.4. The van der Waals surface area contributed by atoms with Crippen molar-refractivity contribution in [2.75, 3.05) is 0 Å². The van der Waals surface area contributed by atoms with E-state index in [1.165, 1.54) is 60.9 Å². The molecule has 0 aliphatic heterocycles. The predicted molar refractivity (Wildman–Crippen MR) is 134 cm³/mol. The fourth-order valence-corrected chi connectivity index (χ4v) is 5.32. The lowest BCUT2D eigenvalue weighted by Gasteiger charge is -2.24. The first-order chi connectivity index (χ1) is 14.3. The molecule has 1 aliphatic carbocycles. The van der Waals surface area contributed by atoms with Crippen molar-refractivity contribution >= 4 is 28.7 Å². The molecule has 150 valence electrons. The van der Waals surface area contributed by atoms with Gasteiger partial charge in [-0.2, -0.15) is 0 Å². The molecular formula is C29H31B. The van der Waals surface area contributed by atoms with Crippen LogP contribution in [0.2, 0.25) is 0 Å². The van der Waals surface area contributed by atoms with Gasteiger partial charge in [-0.1, -0.05) is 117 Å². The zero-order valence-electron chi connectivity index (χ0n) is 19.1. The molecule has 1 aliphatic rings. The molecule has 1 heteroatoms. The van der Waals surface area contributed by atoms with E-state index in [1.807, 2.05) is 0 Å². The molecule has 0 N–H and O–H groups in total. The van der Waals surface area contributed by atoms with Crippen LogP contribution in [0, 0.1) is 41.5 Å². The summed E-state index contributed by atoms with van der Waals surface area (Å²) in [5.74, 6) is 0. The Balaban J connectivity index is 1.91. The van der Waals surface area contributed by atoms with Crippen LogP contribution < -0.4 is 16.4 Å². The quantitative estimate of drug-likeness (QED) is 0.524. The van der Waals surface area contributed by atoms with Gasteiger partial charge in [0, 0.05) is 0 Å². The number of aryl methyl sites for hydroxylation is 6. The third-order valence-corrected chi connectivity index (χ3v) is 6.44. The van der Waals surface area contributed by atoms with Gasteiger partial charge in [0.1, 0.15) is 0 Å². The molecule has 3 aromatic rings. The summed E-state index contributed by atoms with van der Waals surface area (Å²) in [6.45, 7) is 13.7. The second-order valence-electron chi connectivity index (χ2n) is 9.00. The van der Waals surface area contributed by atoms with E-state index in [1.54, 1.807) is 0 Å². The number of hydrogen-bond acceptors (Lipinski definition) is 0. The molecule has 0 spiro atoms. The molecular weight excluding hydrogens is 359 g/mol. The van der Waals surface area contributed by atoms with Gasteiger partial charge >= 0.3 is 0 Å². The summed E-state index contributed by atoms with van der Waals surface area (Å²) in [6.07, 6.45) is 7.65. The van der Waals surface area contributed by atoms with E-state index in [0.29, 0.717) is 0 Å². The van der Waals surface area contributed by atoms with Crippen LogP contribution in [0.15, 0.2) is 66.8 Å². The topological polar surface area (TPSA) is 0 Å². The van der Waals surface area contributed by atoms with E-state index in [0.717, 1.165) is 6.42 Å². The molecule has 0 heterocycles. The van der Waals surface area contributed by atoms with Crippen LogP contribution in [0.25, 0.3) is 5.57 Å². The highest BCUT2D eigenvalue weighted by Crippen LogP contribution is 2.22. The van der Waals surface area contributed by atoms with Crippen molar-refractivity contribution in [1.82, 2.24) is 0 Å². The number of benzene rings is 3. The van der Waals surface area contributed by atoms with Crippen molar-refractivity contribution < 1.29 is 0 Å². The summed E-state index contributed by atoms with van der Waals surface area (Å²) in [7, 11) is 0. The molecule has 0 amide bonds. The molecule has 0 bridgehead atoms. The Morgan fingerprint density at radius 1 is 0.633 bits per heavy atom. The summed E-state index contributed by atoms with van der Waals surface area (Å²) < 4.78 is 0. The first-order valence-corrected chi connectivity index (χ1v) is 11.0. The van der Waals surface area contributed by atoms with E-state index in [-0.39, 0.29) is 6.71 Å². The Kier molecular flexibility index (Phi) is 5.56. The molecule has 0 saturated carbocycles. The molecule has 0 unspecified atom stereocenters. The zero-order valence-corrected chi connectivity index (χ0v) is 19.1. The minimum atomic E-state index is 0.246. The van der Waals surface area contributed by atoms with Gasteiger partial charge in [-0.05, 0) is 59.1 Å². The number of allylic oxidation sites excluding steroid dienone is 4. The molecule has 3 aromatic carbocycles. The van der Waals surface area contributed by atoms with Gasteiger partial charge in [0.2, 0.25) is 6.71 Å². The fraction of sp³-hybridized carbons (Fsp3) is 0.241. The van der Waals surface area contributed by atoms with Crippen molar-refractivity contribution in [2.45, 2.75) is 48.0 Å². The molecule has 0 radical (unpaired) electrons. The van der Waals surface area contributed by atoms with E-state index in [2.05, 4.69) is 108 Å². The highest BCUT2D eigenvalue weighted by atomic mass is 14.1. The maximum atomic E-state index is 2.34. The van der Waals surface area contributed by atoms with Crippen molar-refractivity contribution in [1.29, 1.82) is 0 Å². The highest BCUT2D eigenvalue weighted by molar-refractivity contribution is 6.96. The SMILES string of the molecule is Cc1cc(C)c(B(c2ccc(C3=CC=CC3)cc2)c2c(C)cc(C)cc2C)c(C)c1. The molecule has 0 aromatic heterocycles. The van der Waals surface area contributed by atoms with Gasteiger partial charge < -0.3 is 0 Å². The van der Waals surface area contributed by atoms with Crippen LogP contribution in [0.3, 0.4) is 0 Å². The van der Waals surface area contributed by atoms with Crippen LogP contribution in [0.1, 0.15) is 45.4 Å². The van der Waals surface area contributed by atoms with Crippen LogP contribution in [-0.2, 0) is 0 Å². The fourth-order valence-electron chi connectivity index (χ4n) is 5.32. The third-order valence-electron chi connectivity index (χ3n) is 6.44. The summed E-state index contributed by atoms with van der Waals surface area (Å²) in [6, 6.07) is 18.6. The number of rotatable bonds is 4. The largest absolute Gasteiger partial charge is 0.242 e. The first-order valence-electron chi connectivity index (χ1n) is 11.0. The Bertz CT molecular complexity index is 1060. The Morgan fingerprint density at radius 2 is 1.10 bits per heavy atom. The summed E-state index contributed by atoms with van der Waals surface area (Å²) >= 11 is 0. The molecule has 0 fully saturated rings. The average Bonchev–Trinajstić information content (AvgIpc) is 3.20. The van der Waals surface area contributed by atoms with Gasteiger partial charge in [0.15, 0.2) is 0 Å². The standard InChI is InChI=1S/C29H31B/c1-19-15-21(3)28(22(4)16-19)30(29-23(5)17-20(2)18-24(29)6)27-13-11-26(12-14-27)25-9-7-8-10-25/h7-9,11-18H,10H2,1-6H3. The van der Waals surface area contributed by atoms with Gasteiger partial charge in [0.25, 0.3) is 0 Å². The Hall–Kier alpha value is -2.80. The maximum absolute atomic E-state index is 2.34. The summed E-state index contributed by atoms with van der Waals surface area (Å²) in [4.78, 5) is 0. The Morgan fingerprint density at radius 3 is 1.50 bits per heavy atom. The first kappa shape index (κ1) is 20.5. The lowest BCUT2D eigenvalue weighted by Crippen LogP contribution is -2.55. The third kappa shape index (κ3) is 3.82. The molecule has 0 saturated heterocycles. The van der Waals surface area contributed by atoms with Crippen LogP contribution >= 0.6 is 0 Å². The van der Waals surface area contributed by atoms with Gasteiger partial charge in [-0.15, -0.1) is 0 Å². The lowest BCUT2D eigenvalue weighted by atomic mass is 9.34. The second kappa shape index (κ2) is 8.15. The summed E-state index contributed by atoms with van der Waals surface area (Å²) in [5.41, 5.74) is 15.2. The summed E-state index contributed by atoms with van der Waals surface area (Å²) in [5, 5.41) is 0. The predicted octanol–water partition coefficient (Wildman–Crippen LogP) is 5.40. The normalized spacial score (nSPS) is 12.9. The molecule has 0 nitrogen and oxygen atoms in total. The Labute approximate surface area is 182 Å². The monoisotopic (exact) mass is 390 g/mol. The van der Waals surface area contributed by atoms with Gasteiger partial charge in [-0.3, -0.25) is 0 Å². The van der Waals surface area contributed by atoms with Crippen LogP contribution in [0.4, 0.5) is 0 Å². The average molecular weight is 390 g/mol. The minimum Gasteiger partial charge on any atom is -0.0801 e. The molecule has 0 atom stereocenters. The maximum Gasteiger partial charge on any atom is 0.242 e. The minimum absolute atomic E-state index is 0.246. The highest BCUT2D eigenvalue weighted by Gasteiger charge is 2.28. The second-order valence-corrected chi connectivity index (χ2v) is 9.00. The lowest BCUT2D eigenvalue weighted by molar-refractivity contribution is 1.34. The van der Waals surface area contributed by atoms with Crippen molar-refractivity contribution in [2.24, 2.45) is 0 Å². The van der Waals surface area contributed by atoms with Gasteiger partial charge in [0.05, 0.1) is 0 Å². The van der Waals surface area contributed by atoms with E-state index >= 15 is 0 Å². The van der Waals surface area contributed by atoms with E-state index < -0.39 is 0 Å². The van der Waals surface area contributed by atoms with Crippen molar-refractivity contribution in [3.63, 3.8) is 0 Å². The molecule has 4 rings (SSSR count). The van der Waals surface area contributed by atoms with E-state index in [9.17, 15) is 0 Å². The molecule has 30 heavy (non-hydrogen) atoms.